The molecular formula is C10H6BrFN10. The maximum Gasteiger partial charge on any atom is 0.311 e. The Morgan fingerprint density at radius 1 is 0.864 bits per heavy atom. The Hall–Kier alpha value is -2.89. The van der Waals surface area contributed by atoms with Gasteiger partial charge in [0.1, 0.15) is 12.7 Å². The van der Waals surface area contributed by atoms with Gasteiger partial charge in [-0.05, 0) is 15.9 Å². The Balaban J connectivity index is 2.17. The predicted octanol–water partition coefficient (Wildman–Crippen LogP) is 0.343. The summed E-state index contributed by atoms with van der Waals surface area (Å²) in [4.78, 5) is 23.6. The molecule has 12 heteroatoms. The predicted molar refractivity (Wildman–Crippen MR) is 77.9 cm³/mol. The van der Waals surface area contributed by atoms with Crippen molar-refractivity contribution in [3.63, 3.8) is 0 Å². The third kappa shape index (κ3) is 1.57. The van der Waals surface area contributed by atoms with Gasteiger partial charge < -0.3 is 11.5 Å². The minimum Gasteiger partial charge on any atom is -0.382 e. The first-order chi connectivity index (χ1) is 10.6. The molecule has 0 saturated heterocycles. The quantitative estimate of drug-likeness (QED) is 0.461. The first kappa shape index (κ1) is 12.8. The van der Waals surface area contributed by atoms with Crippen molar-refractivity contribution in [1.29, 1.82) is 0 Å². The standard InChI is InChI=1S/C10H6BrFN10/c11-9-19-3-5(13)15-1-17-7(3)21(9)22-8-4(20-10(22)12)6(14)16-2-18-8/h1-2H,(H2,13,15,17)(H2,14,16,18). The van der Waals surface area contributed by atoms with Crippen molar-refractivity contribution in [2.45, 2.75) is 0 Å². The lowest BCUT2D eigenvalue weighted by molar-refractivity contribution is 0.455. The normalized spacial score (nSPS) is 11.5. The van der Waals surface area contributed by atoms with Crippen LogP contribution in [-0.2, 0) is 0 Å². The number of hydrogen-bond donors (Lipinski definition) is 2. The van der Waals surface area contributed by atoms with Crippen molar-refractivity contribution in [3.8, 4) is 0 Å². The minimum atomic E-state index is -0.848. The van der Waals surface area contributed by atoms with Gasteiger partial charge in [-0.25, -0.2) is 24.9 Å². The third-order valence-corrected chi connectivity index (χ3v) is 3.53. The highest BCUT2D eigenvalue weighted by Gasteiger charge is 2.21. The Kier molecular flexibility index (Phi) is 2.51. The van der Waals surface area contributed by atoms with Crippen LogP contribution in [0.25, 0.3) is 22.3 Å². The van der Waals surface area contributed by atoms with Gasteiger partial charge in [-0.2, -0.15) is 18.7 Å². The highest BCUT2D eigenvalue weighted by atomic mass is 79.9. The molecule has 0 bridgehead atoms. The Bertz CT molecular complexity index is 953. The SMILES string of the molecule is Nc1ncnc2c1nc(F)n2-n1c(Br)nc2c(N)ncnc21. The maximum absolute atomic E-state index is 14.3. The lowest BCUT2D eigenvalue weighted by Crippen LogP contribution is -2.13. The summed E-state index contributed by atoms with van der Waals surface area (Å²) < 4.78 is 17.0. The number of halogens is 2. The maximum atomic E-state index is 14.3. The number of hydrogen-bond acceptors (Lipinski definition) is 8. The fourth-order valence-electron chi connectivity index (χ4n) is 2.10. The van der Waals surface area contributed by atoms with E-state index < -0.39 is 6.08 Å². The smallest absolute Gasteiger partial charge is 0.311 e. The van der Waals surface area contributed by atoms with Gasteiger partial charge in [-0.1, -0.05) is 0 Å². The molecule has 0 saturated carbocycles. The second kappa shape index (κ2) is 4.30. The highest BCUT2D eigenvalue weighted by molar-refractivity contribution is 9.10. The molecule has 10 nitrogen and oxygen atoms in total. The highest BCUT2D eigenvalue weighted by Crippen LogP contribution is 2.25. The first-order valence-electron chi connectivity index (χ1n) is 5.87. The van der Waals surface area contributed by atoms with E-state index in [-0.39, 0.29) is 33.2 Å². The van der Waals surface area contributed by atoms with Crippen LogP contribution in [-0.4, -0.2) is 39.3 Å². The molecule has 0 spiro atoms. The number of imidazole rings is 2. The number of rotatable bonds is 1. The number of nitrogen functional groups attached to an aromatic ring is 2. The van der Waals surface area contributed by atoms with Crippen LogP contribution < -0.4 is 11.5 Å². The number of nitrogens with two attached hydrogens (primary N) is 2. The summed E-state index contributed by atoms with van der Waals surface area (Å²) in [6, 6.07) is 0. The summed E-state index contributed by atoms with van der Waals surface area (Å²) in [5, 5.41) is 0. The summed E-state index contributed by atoms with van der Waals surface area (Å²) in [6.45, 7) is 0. The summed E-state index contributed by atoms with van der Waals surface area (Å²) in [5.74, 6) is 0.237. The molecule has 0 radical (unpaired) electrons. The monoisotopic (exact) mass is 364 g/mol. The van der Waals surface area contributed by atoms with Crippen molar-refractivity contribution in [1.82, 2.24) is 39.3 Å². The van der Waals surface area contributed by atoms with Gasteiger partial charge in [-0.3, -0.25) is 0 Å². The molecule has 0 atom stereocenters. The lowest BCUT2D eigenvalue weighted by Gasteiger charge is -2.07. The van der Waals surface area contributed by atoms with Gasteiger partial charge >= 0.3 is 6.08 Å². The molecule has 4 rings (SSSR count). The topological polar surface area (TPSA) is 139 Å². The van der Waals surface area contributed by atoms with Gasteiger partial charge in [-0.15, -0.1) is 0 Å². The molecule has 22 heavy (non-hydrogen) atoms. The van der Waals surface area contributed by atoms with Crippen molar-refractivity contribution in [2.24, 2.45) is 0 Å². The van der Waals surface area contributed by atoms with E-state index in [1.165, 1.54) is 17.3 Å². The largest absolute Gasteiger partial charge is 0.382 e. The molecule has 0 fully saturated rings. The van der Waals surface area contributed by atoms with Crippen LogP contribution in [0.3, 0.4) is 0 Å². The number of anilines is 2. The van der Waals surface area contributed by atoms with Crippen LogP contribution >= 0.6 is 15.9 Å². The molecule has 4 heterocycles. The van der Waals surface area contributed by atoms with Crippen LogP contribution in [0.15, 0.2) is 17.4 Å². The number of nitrogens with zero attached hydrogens (tertiary/aromatic N) is 8. The van der Waals surface area contributed by atoms with Gasteiger partial charge in [0.2, 0.25) is 0 Å². The van der Waals surface area contributed by atoms with Gasteiger partial charge in [0.25, 0.3) is 0 Å². The third-order valence-electron chi connectivity index (χ3n) is 3.02. The Morgan fingerprint density at radius 2 is 1.41 bits per heavy atom. The van der Waals surface area contributed by atoms with Crippen LogP contribution in [0, 0.1) is 6.08 Å². The average Bonchev–Trinajstić information content (AvgIpc) is 2.98. The fraction of sp³-hybridized carbons (Fsp3) is 0. The van der Waals surface area contributed by atoms with E-state index >= 15 is 0 Å². The molecule has 4 N–H and O–H groups in total. The van der Waals surface area contributed by atoms with Gasteiger partial charge in [0.15, 0.2) is 38.7 Å². The summed E-state index contributed by atoms with van der Waals surface area (Å²) in [5.41, 5.74) is 12.4. The Morgan fingerprint density at radius 3 is 2.05 bits per heavy atom. The number of fused-ring (bicyclic) bond motifs is 2. The van der Waals surface area contributed by atoms with Crippen molar-refractivity contribution in [2.75, 3.05) is 11.5 Å². The second-order valence-electron chi connectivity index (χ2n) is 4.25. The van der Waals surface area contributed by atoms with E-state index in [2.05, 4.69) is 45.8 Å². The fourth-order valence-corrected chi connectivity index (χ4v) is 2.60. The van der Waals surface area contributed by atoms with Gasteiger partial charge in [0.05, 0.1) is 0 Å². The molecule has 0 aliphatic carbocycles. The zero-order valence-electron chi connectivity index (χ0n) is 10.6. The Labute approximate surface area is 129 Å². The molecule has 0 aromatic carbocycles. The molecular weight excluding hydrogens is 359 g/mol. The molecule has 0 aliphatic heterocycles. The van der Waals surface area contributed by atoms with E-state index in [1.807, 2.05) is 0 Å². The second-order valence-corrected chi connectivity index (χ2v) is 4.96. The molecule has 4 aromatic heterocycles. The molecule has 4 aromatic rings. The summed E-state index contributed by atoms with van der Waals surface area (Å²) >= 11 is 3.24. The number of aromatic nitrogens is 8. The average molecular weight is 365 g/mol. The van der Waals surface area contributed by atoms with Crippen LogP contribution in [0.5, 0.6) is 0 Å². The molecule has 110 valence electrons. The van der Waals surface area contributed by atoms with Crippen molar-refractivity contribution >= 4 is 49.9 Å². The minimum absolute atomic E-state index is 0.0670. The lowest BCUT2D eigenvalue weighted by atomic mass is 10.5. The summed E-state index contributed by atoms with van der Waals surface area (Å²) in [6.07, 6.45) is 1.62. The van der Waals surface area contributed by atoms with Crippen LogP contribution in [0.4, 0.5) is 16.0 Å². The van der Waals surface area contributed by atoms with Crippen LogP contribution in [0.1, 0.15) is 0 Å². The summed E-state index contributed by atoms with van der Waals surface area (Å²) in [7, 11) is 0. The van der Waals surface area contributed by atoms with E-state index in [0.717, 1.165) is 4.68 Å². The van der Waals surface area contributed by atoms with E-state index in [1.54, 1.807) is 0 Å². The van der Waals surface area contributed by atoms with Crippen molar-refractivity contribution < 1.29 is 4.39 Å². The van der Waals surface area contributed by atoms with Crippen molar-refractivity contribution in [3.05, 3.63) is 23.5 Å². The van der Waals surface area contributed by atoms with Crippen LogP contribution in [0.2, 0.25) is 0 Å². The molecule has 0 amide bonds. The van der Waals surface area contributed by atoms with E-state index in [0.29, 0.717) is 5.52 Å². The zero-order valence-corrected chi connectivity index (χ0v) is 12.2. The van der Waals surface area contributed by atoms with E-state index in [9.17, 15) is 4.39 Å². The zero-order chi connectivity index (χ0) is 15.4. The molecule has 0 aliphatic rings. The first-order valence-corrected chi connectivity index (χ1v) is 6.66. The molecule has 0 unspecified atom stereocenters. The van der Waals surface area contributed by atoms with E-state index in [4.69, 9.17) is 11.5 Å². The van der Waals surface area contributed by atoms with Gasteiger partial charge in [0, 0.05) is 0 Å².